The number of nitrogens with one attached hydrogen (secondary N) is 1. The summed E-state index contributed by atoms with van der Waals surface area (Å²) >= 11 is 6.05. The molecule has 5 heteroatoms. The summed E-state index contributed by atoms with van der Waals surface area (Å²) < 4.78 is 1.74. The first-order chi connectivity index (χ1) is 8.49. The molecule has 0 aromatic carbocycles. The molecule has 2 rings (SSSR count). The Bertz CT molecular complexity index is 461. The Kier molecular flexibility index (Phi) is 3.66. The van der Waals surface area contributed by atoms with Gasteiger partial charge in [-0.25, -0.2) is 0 Å². The van der Waals surface area contributed by atoms with Crippen LogP contribution in [0.25, 0.3) is 0 Å². The van der Waals surface area contributed by atoms with Crippen molar-refractivity contribution >= 4 is 17.5 Å². The highest BCUT2D eigenvalue weighted by atomic mass is 35.5. The van der Waals surface area contributed by atoms with E-state index in [9.17, 15) is 4.79 Å². The van der Waals surface area contributed by atoms with Crippen molar-refractivity contribution in [3.8, 4) is 0 Å². The Morgan fingerprint density at radius 1 is 1.44 bits per heavy atom. The molecule has 0 radical (unpaired) electrons. The van der Waals surface area contributed by atoms with Gasteiger partial charge in [-0.2, -0.15) is 5.10 Å². The van der Waals surface area contributed by atoms with E-state index in [1.54, 1.807) is 4.68 Å². The van der Waals surface area contributed by atoms with Crippen molar-refractivity contribution in [1.29, 1.82) is 0 Å². The number of halogens is 1. The monoisotopic (exact) mass is 269 g/mol. The van der Waals surface area contributed by atoms with E-state index in [4.69, 9.17) is 11.6 Å². The summed E-state index contributed by atoms with van der Waals surface area (Å²) in [6.45, 7) is 3.78. The Labute approximate surface area is 113 Å². The second-order valence-electron chi connectivity index (χ2n) is 5.24. The quantitative estimate of drug-likeness (QED) is 0.856. The third-order valence-electron chi connectivity index (χ3n) is 3.93. The number of hydrogen-bond acceptors (Lipinski definition) is 2. The van der Waals surface area contributed by atoms with Gasteiger partial charge in [-0.05, 0) is 26.7 Å². The first-order valence-corrected chi connectivity index (χ1v) is 6.91. The standard InChI is InChI=1S/C13H20ClN3O/c1-9-11(10(2)17(3)16-9)12(18)15-13(8-14)6-4-5-7-13/h4-8H2,1-3H3,(H,15,18). The van der Waals surface area contributed by atoms with E-state index in [0.29, 0.717) is 11.4 Å². The first-order valence-electron chi connectivity index (χ1n) is 6.38. The van der Waals surface area contributed by atoms with Crippen LogP contribution in [0.5, 0.6) is 0 Å². The molecule has 1 heterocycles. The van der Waals surface area contributed by atoms with E-state index >= 15 is 0 Å². The van der Waals surface area contributed by atoms with Crippen LogP contribution >= 0.6 is 11.6 Å². The average molecular weight is 270 g/mol. The third-order valence-corrected chi connectivity index (χ3v) is 4.44. The van der Waals surface area contributed by atoms with Gasteiger partial charge in [0.2, 0.25) is 0 Å². The van der Waals surface area contributed by atoms with Gasteiger partial charge in [0.1, 0.15) is 0 Å². The summed E-state index contributed by atoms with van der Waals surface area (Å²) in [6, 6.07) is 0. The van der Waals surface area contributed by atoms with Gasteiger partial charge in [-0.1, -0.05) is 12.8 Å². The Morgan fingerprint density at radius 2 is 2.06 bits per heavy atom. The number of aromatic nitrogens is 2. The van der Waals surface area contributed by atoms with E-state index < -0.39 is 0 Å². The van der Waals surface area contributed by atoms with Crippen LogP contribution < -0.4 is 5.32 Å². The summed E-state index contributed by atoms with van der Waals surface area (Å²) in [6.07, 6.45) is 4.22. The van der Waals surface area contributed by atoms with Crippen molar-refractivity contribution in [3.05, 3.63) is 17.0 Å². The minimum absolute atomic E-state index is 0.0411. The highest BCUT2D eigenvalue weighted by Crippen LogP contribution is 2.31. The number of aryl methyl sites for hydroxylation is 2. The lowest BCUT2D eigenvalue weighted by Gasteiger charge is -2.27. The van der Waals surface area contributed by atoms with Crippen molar-refractivity contribution in [2.45, 2.75) is 45.1 Å². The molecule has 1 fully saturated rings. The number of hydrogen-bond donors (Lipinski definition) is 1. The van der Waals surface area contributed by atoms with E-state index in [-0.39, 0.29) is 11.4 Å². The second-order valence-corrected chi connectivity index (χ2v) is 5.51. The summed E-state index contributed by atoms with van der Waals surface area (Å²) in [5.74, 6) is 0.442. The third kappa shape index (κ3) is 2.26. The van der Waals surface area contributed by atoms with Crippen LogP contribution in [-0.4, -0.2) is 27.1 Å². The zero-order valence-corrected chi connectivity index (χ0v) is 12.0. The summed E-state index contributed by atoms with van der Waals surface area (Å²) in [5.41, 5.74) is 2.14. The molecular weight excluding hydrogens is 250 g/mol. The SMILES string of the molecule is Cc1nn(C)c(C)c1C(=O)NC1(CCl)CCCC1. The number of alkyl halides is 1. The number of amides is 1. The lowest BCUT2D eigenvalue weighted by molar-refractivity contribution is 0.0908. The normalized spacial score (nSPS) is 18.0. The fourth-order valence-corrected chi connectivity index (χ4v) is 3.08. The lowest BCUT2D eigenvalue weighted by Crippen LogP contribution is -2.48. The molecule has 4 nitrogen and oxygen atoms in total. The second kappa shape index (κ2) is 4.92. The minimum atomic E-state index is -0.215. The zero-order valence-electron chi connectivity index (χ0n) is 11.2. The molecule has 0 atom stereocenters. The molecule has 0 unspecified atom stereocenters. The summed E-state index contributed by atoms with van der Waals surface area (Å²) in [5, 5.41) is 7.41. The van der Waals surface area contributed by atoms with Crippen LogP contribution in [0, 0.1) is 13.8 Å². The Balaban J connectivity index is 2.21. The van der Waals surface area contributed by atoms with Crippen molar-refractivity contribution in [2.75, 3.05) is 5.88 Å². The Morgan fingerprint density at radius 3 is 2.50 bits per heavy atom. The molecule has 0 bridgehead atoms. The van der Waals surface area contributed by atoms with Gasteiger partial charge in [0.05, 0.1) is 16.8 Å². The van der Waals surface area contributed by atoms with Gasteiger partial charge < -0.3 is 5.32 Å². The number of carbonyl (C=O) groups is 1. The lowest BCUT2D eigenvalue weighted by atomic mass is 9.99. The molecule has 1 saturated carbocycles. The van der Waals surface area contributed by atoms with Gasteiger partial charge >= 0.3 is 0 Å². The molecule has 0 saturated heterocycles. The number of nitrogens with zero attached hydrogens (tertiary/aromatic N) is 2. The smallest absolute Gasteiger partial charge is 0.255 e. The maximum absolute atomic E-state index is 12.4. The van der Waals surface area contributed by atoms with Gasteiger partial charge in [0.15, 0.2) is 0 Å². The molecule has 0 aliphatic heterocycles. The van der Waals surface area contributed by atoms with Crippen molar-refractivity contribution in [1.82, 2.24) is 15.1 Å². The maximum atomic E-state index is 12.4. The van der Waals surface area contributed by atoms with Crippen LogP contribution in [0.2, 0.25) is 0 Å². The van der Waals surface area contributed by atoms with Crippen LogP contribution in [-0.2, 0) is 7.05 Å². The predicted molar refractivity (Wildman–Crippen MR) is 72.1 cm³/mol. The molecular formula is C13H20ClN3O. The highest BCUT2D eigenvalue weighted by Gasteiger charge is 2.35. The van der Waals surface area contributed by atoms with Gasteiger partial charge in [0, 0.05) is 18.6 Å². The number of carbonyl (C=O) groups excluding carboxylic acids is 1. The van der Waals surface area contributed by atoms with E-state index in [0.717, 1.165) is 37.1 Å². The zero-order chi connectivity index (χ0) is 13.3. The first kappa shape index (κ1) is 13.4. The number of rotatable bonds is 3. The van der Waals surface area contributed by atoms with E-state index in [1.807, 2.05) is 20.9 Å². The van der Waals surface area contributed by atoms with Crippen molar-refractivity contribution < 1.29 is 4.79 Å². The fourth-order valence-electron chi connectivity index (χ4n) is 2.75. The molecule has 1 N–H and O–H groups in total. The van der Waals surface area contributed by atoms with E-state index in [1.165, 1.54) is 0 Å². The van der Waals surface area contributed by atoms with E-state index in [2.05, 4.69) is 10.4 Å². The molecule has 1 aromatic rings. The van der Waals surface area contributed by atoms with Gasteiger partial charge in [-0.15, -0.1) is 11.6 Å². The average Bonchev–Trinajstić information content (AvgIpc) is 2.86. The predicted octanol–water partition coefficient (Wildman–Crippen LogP) is 2.32. The van der Waals surface area contributed by atoms with Crippen LogP contribution in [0.15, 0.2) is 0 Å². The fraction of sp³-hybridized carbons (Fsp3) is 0.692. The molecule has 100 valence electrons. The maximum Gasteiger partial charge on any atom is 0.255 e. The topological polar surface area (TPSA) is 46.9 Å². The van der Waals surface area contributed by atoms with Crippen LogP contribution in [0.3, 0.4) is 0 Å². The molecule has 18 heavy (non-hydrogen) atoms. The van der Waals surface area contributed by atoms with Gasteiger partial charge in [0.25, 0.3) is 5.91 Å². The minimum Gasteiger partial charge on any atom is -0.345 e. The highest BCUT2D eigenvalue weighted by molar-refractivity contribution is 6.19. The Hall–Kier alpha value is -1.03. The molecule has 1 amide bonds. The van der Waals surface area contributed by atoms with Crippen LogP contribution in [0.4, 0.5) is 0 Å². The molecule has 1 aliphatic carbocycles. The molecule has 0 spiro atoms. The largest absolute Gasteiger partial charge is 0.345 e. The summed E-state index contributed by atoms with van der Waals surface area (Å²) in [4.78, 5) is 12.4. The van der Waals surface area contributed by atoms with Crippen molar-refractivity contribution in [3.63, 3.8) is 0 Å². The molecule has 1 aromatic heterocycles. The van der Waals surface area contributed by atoms with Gasteiger partial charge in [-0.3, -0.25) is 9.48 Å². The molecule has 1 aliphatic rings. The summed E-state index contributed by atoms with van der Waals surface area (Å²) in [7, 11) is 1.85. The van der Waals surface area contributed by atoms with Crippen molar-refractivity contribution in [2.24, 2.45) is 7.05 Å². The van der Waals surface area contributed by atoms with Crippen LogP contribution in [0.1, 0.15) is 47.4 Å².